The third-order valence-corrected chi connectivity index (χ3v) is 4.22. The van der Waals surface area contributed by atoms with Crippen LogP contribution >= 0.6 is 0 Å². The van der Waals surface area contributed by atoms with E-state index in [9.17, 15) is 0 Å². The summed E-state index contributed by atoms with van der Waals surface area (Å²) in [5, 5.41) is 0. The largest absolute Gasteiger partial charge is 0.296 e. The summed E-state index contributed by atoms with van der Waals surface area (Å²) in [7, 11) is 0. The summed E-state index contributed by atoms with van der Waals surface area (Å²) in [6.07, 6.45) is 7.22. The molecule has 17 heavy (non-hydrogen) atoms. The summed E-state index contributed by atoms with van der Waals surface area (Å²) < 4.78 is 0. The van der Waals surface area contributed by atoms with Crippen LogP contribution in [0.4, 0.5) is 0 Å². The van der Waals surface area contributed by atoms with Crippen molar-refractivity contribution in [2.45, 2.75) is 65.0 Å². The summed E-state index contributed by atoms with van der Waals surface area (Å²) >= 11 is 0. The molecule has 3 N–H and O–H groups in total. The van der Waals surface area contributed by atoms with Gasteiger partial charge in [0.25, 0.3) is 0 Å². The van der Waals surface area contributed by atoms with E-state index in [2.05, 4.69) is 44.1 Å². The number of hydrogen-bond acceptors (Lipinski definition) is 3. The lowest BCUT2D eigenvalue weighted by Gasteiger charge is -2.45. The summed E-state index contributed by atoms with van der Waals surface area (Å²) in [6.45, 7) is 11.3. The molecule has 0 spiro atoms. The number of hydrogen-bond donors (Lipinski definition) is 2. The third-order valence-electron chi connectivity index (χ3n) is 4.22. The SMILES string of the molecule is CCC(CC)(C(C=C(C)C)NN)N1CCCC1. The Kier molecular flexibility index (Phi) is 5.63. The Bertz CT molecular complexity index is 246. The molecule has 1 heterocycles. The van der Waals surface area contributed by atoms with Crippen LogP contribution in [0.1, 0.15) is 53.4 Å². The number of hydrazine groups is 1. The molecule has 0 aliphatic carbocycles. The number of allylic oxidation sites excluding steroid dienone is 1. The molecule has 0 radical (unpaired) electrons. The van der Waals surface area contributed by atoms with E-state index in [4.69, 9.17) is 5.84 Å². The van der Waals surface area contributed by atoms with Gasteiger partial charge in [-0.15, -0.1) is 0 Å². The number of nitrogens with two attached hydrogens (primary N) is 1. The maximum atomic E-state index is 5.80. The summed E-state index contributed by atoms with van der Waals surface area (Å²) in [5.74, 6) is 5.80. The zero-order chi connectivity index (χ0) is 12.9. The smallest absolute Gasteiger partial charge is 0.0576 e. The van der Waals surface area contributed by atoms with Crippen molar-refractivity contribution in [1.82, 2.24) is 10.3 Å². The molecule has 1 aliphatic heterocycles. The molecule has 0 aromatic rings. The quantitative estimate of drug-likeness (QED) is 0.425. The molecule has 1 rings (SSSR count). The van der Waals surface area contributed by atoms with E-state index in [0.717, 1.165) is 12.8 Å². The standard InChI is InChI=1S/C14H29N3/c1-5-14(6-2,17-9-7-8-10-17)13(16-15)11-12(3)4/h11,13,16H,5-10,15H2,1-4H3. The molecular formula is C14H29N3. The highest BCUT2D eigenvalue weighted by atomic mass is 15.3. The lowest BCUT2D eigenvalue weighted by Crippen LogP contribution is -2.61. The van der Waals surface area contributed by atoms with Gasteiger partial charge in [0.2, 0.25) is 0 Å². The number of nitrogens with zero attached hydrogens (tertiary/aromatic N) is 1. The first-order chi connectivity index (χ1) is 8.10. The molecule has 0 bridgehead atoms. The maximum Gasteiger partial charge on any atom is 0.0576 e. The average Bonchev–Trinajstić information content (AvgIpc) is 2.83. The van der Waals surface area contributed by atoms with Gasteiger partial charge < -0.3 is 0 Å². The van der Waals surface area contributed by atoms with Crippen LogP contribution in [0.5, 0.6) is 0 Å². The summed E-state index contributed by atoms with van der Waals surface area (Å²) in [4.78, 5) is 2.64. The Labute approximate surface area is 106 Å². The lowest BCUT2D eigenvalue weighted by molar-refractivity contribution is 0.0787. The van der Waals surface area contributed by atoms with Crippen molar-refractivity contribution in [3.8, 4) is 0 Å². The molecule has 0 aromatic carbocycles. The fraction of sp³-hybridized carbons (Fsp3) is 0.857. The van der Waals surface area contributed by atoms with Gasteiger partial charge in [-0.25, -0.2) is 0 Å². The molecule has 3 heteroatoms. The minimum Gasteiger partial charge on any atom is -0.296 e. The first kappa shape index (κ1) is 14.7. The predicted molar refractivity (Wildman–Crippen MR) is 74.7 cm³/mol. The molecule has 3 nitrogen and oxygen atoms in total. The average molecular weight is 239 g/mol. The topological polar surface area (TPSA) is 41.3 Å². The van der Waals surface area contributed by atoms with E-state index in [1.165, 1.54) is 31.5 Å². The Morgan fingerprint density at radius 3 is 2.18 bits per heavy atom. The van der Waals surface area contributed by atoms with Crippen molar-refractivity contribution in [2.75, 3.05) is 13.1 Å². The van der Waals surface area contributed by atoms with Crippen LogP contribution in [0.15, 0.2) is 11.6 Å². The number of likely N-dealkylation sites (tertiary alicyclic amines) is 1. The Morgan fingerprint density at radius 1 is 1.29 bits per heavy atom. The summed E-state index contributed by atoms with van der Waals surface area (Å²) in [5.41, 5.74) is 4.55. The molecule has 1 aliphatic rings. The van der Waals surface area contributed by atoms with E-state index >= 15 is 0 Å². The van der Waals surface area contributed by atoms with Gasteiger partial charge in [-0.05, 0) is 52.6 Å². The fourth-order valence-corrected chi connectivity index (χ4v) is 3.19. The van der Waals surface area contributed by atoms with Gasteiger partial charge in [0.15, 0.2) is 0 Å². The Hall–Kier alpha value is -0.380. The molecule has 1 atom stereocenters. The Balaban J connectivity index is 2.98. The van der Waals surface area contributed by atoms with E-state index in [1.54, 1.807) is 0 Å². The predicted octanol–water partition coefficient (Wildman–Crippen LogP) is 2.44. The van der Waals surface area contributed by atoms with Crippen LogP contribution < -0.4 is 11.3 Å². The highest BCUT2D eigenvalue weighted by Gasteiger charge is 2.40. The second-order valence-electron chi connectivity index (χ2n) is 5.39. The molecule has 1 fully saturated rings. The van der Waals surface area contributed by atoms with Crippen LogP contribution in [0.25, 0.3) is 0 Å². The molecule has 0 aromatic heterocycles. The van der Waals surface area contributed by atoms with E-state index < -0.39 is 0 Å². The minimum absolute atomic E-state index is 0.183. The van der Waals surface area contributed by atoms with E-state index in [0.29, 0.717) is 0 Å². The van der Waals surface area contributed by atoms with Crippen LogP contribution in [-0.2, 0) is 0 Å². The zero-order valence-electron chi connectivity index (χ0n) is 11.9. The van der Waals surface area contributed by atoms with Crippen molar-refractivity contribution < 1.29 is 0 Å². The first-order valence-corrected chi connectivity index (χ1v) is 6.97. The van der Waals surface area contributed by atoms with Crippen molar-refractivity contribution in [1.29, 1.82) is 0 Å². The van der Waals surface area contributed by atoms with Gasteiger partial charge in [-0.3, -0.25) is 16.2 Å². The Morgan fingerprint density at radius 2 is 1.82 bits per heavy atom. The van der Waals surface area contributed by atoms with E-state index in [1.807, 2.05) is 0 Å². The maximum absolute atomic E-state index is 5.80. The highest BCUT2D eigenvalue weighted by Crippen LogP contribution is 2.32. The highest BCUT2D eigenvalue weighted by molar-refractivity contribution is 5.12. The fourth-order valence-electron chi connectivity index (χ4n) is 3.19. The summed E-state index contributed by atoms with van der Waals surface area (Å²) in [6, 6.07) is 0.251. The monoisotopic (exact) mass is 239 g/mol. The van der Waals surface area contributed by atoms with Gasteiger partial charge in [-0.2, -0.15) is 0 Å². The van der Waals surface area contributed by atoms with Crippen molar-refractivity contribution in [3.63, 3.8) is 0 Å². The number of rotatable bonds is 6. The van der Waals surface area contributed by atoms with Crippen molar-refractivity contribution in [3.05, 3.63) is 11.6 Å². The van der Waals surface area contributed by atoms with E-state index in [-0.39, 0.29) is 11.6 Å². The molecule has 1 unspecified atom stereocenters. The van der Waals surface area contributed by atoms with Gasteiger partial charge in [0, 0.05) is 5.54 Å². The normalized spacial score (nSPS) is 19.4. The molecule has 1 saturated heterocycles. The van der Waals surface area contributed by atoms with Crippen LogP contribution in [0.2, 0.25) is 0 Å². The van der Waals surface area contributed by atoms with Gasteiger partial charge in [-0.1, -0.05) is 25.5 Å². The molecule has 0 saturated carbocycles. The van der Waals surface area contributed by atoms with Gasteiger partial charge in [0.05, 0.1) is 6.04 Å². The first-order valence-electron chi connectivity index (χ1n) is 6.97. The molecule has 100 valence electrons. The molecule has 0 amide bonds. The van der Waals surface area contributed by atoms with Gasteiger partial charge in [0.1, 0.15) is 0 Å². The second kappa shape index (κ2) is 6.53. The lowest BCUT2D eigenvalue weighted by atomic mass is 9.82. The van der Waals surface area contributed by atoms with Crippen LogP contribution in [0.3, 0.4) is 0 Å². The van der Waals surface area contributed by atoms with Gasteiger partial charge >= 0.3 is 0 Å². The number of nitrogens with one attached hydrogen (secondary N) is 1. The zero-order valence-corrected chi connectivity index (χ0v) is 11.9. The van der Waals surface area contributed by atoms with Crippen molar-refractivity contribution >= 4 is 0 Å². The van der Waals surface area contributed by atoms with Crippen LogP contribution in [0, 0.1) is 0 Å². The second-order valence-corrected chi connectivity index (χ2v) is 5.39. The minimum atomic E-state index is 0.183. The van der Waals surface area contributed by atoms with Crippen molar-refractivity contribution in [2.24, 2.45) is 5.84 Å². The molecular weight excluding hydrogens is 210 g/mol. The van der Waals surface area contributed by atoms with Crippen LogP contribution in [-0.4, -0.2) is 29.6 Å². The third kappa shape index (κ3) is 3.09.